The molecular formula is C20H14ClN3O2S. The van der Waals surface area contributed by atoms with Gasteiger partial charge in [0.25, 0.3) is 0 Å². The molecule has 0 radical (unpaired) electrons. The van der Waals surface area contributed by atoms with E-state index >= 15 is 0 Å². The molecule has 5 nitrogen and oxygen atoms in total. The van der Waals surface area contributed by atoms with Crippen molar-refractivity contribution in [3.63, 3.8) is 0 Å². The number of anilines is 2. The van der Waals surface area contributed by atoms with E-state index in [1.54, 1.807) is 18.2 Å². The molecule has 0 aliphatic rings. The average molecular weight is 396 g/mol. The fourth-order valence-electron chi connectivity index (χ4n) is 2.83. The Morgan fingerprint density at radius 2 is 1.93 bits per heavy atom. The number of benzene rings is 2. The van der Waals surface area contributed by atoms with Crippen LogP contribution in [-0.2, 0) is 0 Å². The minimum absolute atomic E-state index is 0.219. The number of nitrogens with zero attached hydrogens (tertiary/aromatic N) is 2. The van der Waals surface area contributed by atoms with Gasteiger partial charge in [-0.25, -0.2) is 14.8 Å². The van der Waals surface area contributed by atoms with Crippen molar-refractivity contribution in [2.75, 3.05) is 5.32 Å². The molecule has 0 atom stereocenters. The van der Waals surface area contributed by atoms with Gasteiger partial charge in [0.2, 0.25) is 0 Å². The summed E-state index contributed by atoms with van der Waals surface area (Å²) in [5.74, 6) is -0.333. The fraction of sp³-hybridized carbons (Fsp3) is 0.0500. The number of rotatable bonds is 4. The molecule has 4 aromatic rings. The first kappa shape index (κ1) is 17.5. The standard InChI is InChI=1S/C20H14ClN3O2S/c1-11-2-3-13(20(25)26)8-16(11)24-18-17-15(9-27-19(17)23-10-22-18)12-4-6-14(21)7-5-12/h2-10H,1H3,(H,25,26)(H,22,23,24). The molecule has 0 saturated carbocycles. The number of thiophene rings is 1. The van der Waals surface area contributed by atoms with Gasteiger partial charge >= 0.3 is 5.97 Å². The molecule has 0 fully saturated rings. The lowest BCUT2D eigenvalue weighted by Gasteiger charge is -2.11. The van der Waals surface area contributed by atoms with Crippen LogP contribution >= 0.6 is 22.9 Å². The summed E-state index contributed by atoms with van der Waals surface area (Å²) in [7, 11) is 0. The molecule has 7 heteroatoms. The van der Waals surface area contributed by atoms with Gasteiger partial charge in [0.15, 0.2) is 0 Å². The van der Waals surface area contributed by atoms with Crippen LogP contribution in [0.4, 0.5) is 11.5 Å². The van der Waals surface area contributed by atoms with Gasteiger partial charge in [-0.3, -0.25) is 0 Å². The van der Waals surface area contributed by atoms with Gasteiger partial charge in [-0.2, -0.15) is 0 Å². The van der Waals surface area contributed by atoms with Crippen LogP contribution in [-0.4, -0.2) is 21.0 Å². The third-order valence-corrected chi connectivity index (χ3v) is 5.40. The molecule has 0 aliphatic heterocycles. The molecule has 134 valence electrons. The van der Waals surface area contributed by atoms with Crippen molar-refractivity contribution in [1.29, 1.82) is 0 Å². The summed E-state index contributed by atoms with van der Waals surface area (Å²) in [6.07, 6.45) is 1.50. The molecule has 2 N–H and O–H groups in total. The first-order chi connectivity index (χ1) is 13.0. The third-order valence-electron chi connectivity index (χ3n) is 4.26. The minimum atomic E-state index is -0.969. The molecule has 27 heavy (non-hydrogen) atoms. The Balaban J connectivity index is 1.83. The number of hydrogen-bond donors (Lipinski definition) is 2. The molecule has 2 aromatic carbocycles. The van der Waals surface area contributed by atoms with Crippen molar-refractivity contribution < 1.29 is 9.90 Å². The van der Waals surface area contributed by atoms with Gasteiger partial charge in [-0.15, -0.1) is 11.3 Å². The van der Waals surface area contributed by atoms with Crippen LogP contribution in [0.15, 0.2) is 54.2 Å². The predicted octanol–water partition coefficient (Wildman–Crippen LogP) is 5.76. The lowest BCUT2D eigenvalue weighted by atomic mass is 10.1. The number of carboxylic acid groups (broad SMARTS) is 1. The number of hydrogen-bond acceptors (Lipinski definition) is 5. The Bertz CT molecular complexity index is 1160. The lowest BCUT2D eigenvalue weighted by Crippen LogP contribution is -2.01. The van der Waals surface area contributed by atoms with Crippen LogP contribution in [0.3, 0.4) is 0 Å². The van der Waals surface area contributed by atoms with Gasteiger partial charge in [0, 0.05) is 21.7 Å². The van der Waals surface area contributed by atoms with E-state index in [9.17, 15) is 9.90 Å². The van der Waals surface area contributed by atoms with Gasteiger partial charge in [0.1, 0.15) is 17.0 Å². The summed E-state index contributed by atoms with van der Waals surface area (Å²) in [4.78, 5) is 20.9. The predicted molar refractivity (Wildman–Crippen MR) is 109 cm³/mol. The van der Waals surface area contributed by atoms with Crippen LogP contribution in [0.2, 0.25) is 5.02 Å². The highest BCUT2D eigenvalue weighted by Crippen LogP contribution is 2.38. The summed E-state index contributed by atoms with van der Waals surface area (Å²) >= 11 is 7.54. The average Bonchev–Trinajstić information content (AvgIpc) is 3.09. The Hall–Kier alpha value is -2.96. The number of fused-ring (bicyclic) bond motifs is 1. The molecule has 0 aliphatic carbocycles. The molecule has 2 heterocycles. The molecule has 0 bridgehead atoms. The highest BCUT2D eigenvalue weighted by atomic mass is 35.5. The topological polar surface area (TPSA) is 75.1 Å². The maximum atomic E-state index is 11.3. The second-order valence-corrected chi connectivity index (χ2v) is 7.31. The monoisotopic (exact) mass is 395 g/mol. The fourth-order valence-corrected chi connectivity index (χ4v) is 3.87. The number of nitrogens with one attached hydrogen (secondary N) is 1. The van der Waals surface area contributed by atoms with E-state index in [4.69, 9.17) is 11.6 Å². The summed E-state index contributed by atoms with van der Waals surface area (Å²) in [5.41, 5.74) is 3.86. The van der Waals surface area contributed by atoms with Crippen molar-refractivity contribution in [1.82, 2.24) is 9.97 Å². The van der Waals surface area contributed by atoms with E-state index < -0.39 is 5.97 Å². The zero-order valence-electron chi connectivity index (χ0n) is 14.2. The maximum Gasteiger partial charge on any atom is 0.335 e. The van der Waals surface area contributed by atoms with Crippen molar-refractivity contribution in [2.24, 2.45) is 0 Å². The number of carbonyl (C=O) groups is 1. The molecule has 2 aromatic heterocycles. The number of halogens is 1. The Morgan fingerprint density at radius 1 is 1.15 bits per heavy atom. The Morgan fingerprint density at radius 3 is 2.67 bits per heavy atom. The molecule has 4 rings (SSSR count). The van der Waals surface area contributed by atoms with Gasteiger partial charge in [0.05, 0.1) is 10.9 Å². The highest BCUT2D eigenvalue weighted by molar-refractivity contribution is 7.17. The molecule has 0 spiro atoms. The van der Waals surface area contributed by atoms with E-state index in [0.29, 0.717) is 16.5 Å². The van der Waals surface area contributed by atoms with E-state index in [1.165, 1.54) is 17.7 Å². The van der Waals surface area contributed by atoms with Crippen molar-refractivity contribution in [3.05, 3.63) is 70.3 Å². The first-order valence-electron chi connectivity index (χ1n) is 8.12. The SMILES string of the molecule is Cc1ccc(C(=O)O)cc1Nc1ncnc2scc(-c3ccc(Cl)cc3)c12. The summed E-state index contributed by atoms with van der Waals surface area (Å²) in [5, 5.41) is 16.1. The minimum Gasteiger partial charge on any atom is -0.478 e. The van der Waals surface area contributed by atoms with E-state index in [-0.39, 0.29) is 5.56 Å². The molecule has 0 amide bonds. The zero-order valence-corrected chi connectivity index (χ0v) is 15.8. The summed E-state index contributed by atoms with van der Waals surface area (Å²) < 4.78 is 0. The molecule has 0 saturated heterocycles. The highest BCUT2D eigenvalue weighted by Gasteiger charge is 2.15. The van der Waals surface area contributed by atoms with E-state index in [1.807, 2.05) is 36.6 Å². The van der Waals surface area contributed by atoms with Crippen molar-refractivity contribution in [2.45, 2.75) is 6.92 Å². The lowest BCUT2D eigenvalue weighted by molar-refractivity contribution is 0.0697. The second kappa shape index (κ2) is 6.98. The van der Waals surface area contributed by atoms with Crippen LogP contribution in [0.1, 0.15) is 15.9 Å². The second-order valence-electron chi connectivity index (χ2n) is 6.02. The van der Waals surface area contributed by atoms with Crippen LogP contribution in [0.25, 0.3) is 21.3 Å². The molecular weight excluding hydrogens is 382 g/mol. The van der Waals surface area contributed by atoms with E-state index in [2.05, 4.69) is 15.3 Å². The maximum absolute atomic E-state index is 11.3. The van der Waals surface area contributed by atoms with Gasteiger partial charge < -0.3 is 10.4 Å². The van der Waals surface area contributed by atoms with Gasteiger partial charge in [-0.05, 0) is 42.3 Å². The number of carboxylic acids is 1. The van der Waals surface area contributed by atoms with Crippen molar-refractivity contribution in [3.8, 4) is 11.1 Å². The van der Waals surface area contributed by atoms with Crippen LogP contribution in [0.5, 0.6) is 0 Å². The largest absolute Gasteiger partial charge is 0.478 e. The zero-order chi connectivity index (χ0) is 19.0. The summed E-state index contributed by atoms with van der Waals surface area (Å²) in [6, 6.07) is 12.6. The van der Waals surface area contributed by atoms with E-state index in [0.717, 1.165) is 26.9 Å². The number of aromatic carboxylic acids is 1. The van der Waals surface area contributed by atoms with Crippen LogP contribution in [0, 0.1) is 6.92 Å². The number of aromatic nitrogens is 2. The van der Waals surface area contributed by atoms with Crippen LogP contribution < -0.4 is 5.32 Å². The molecule has 0 unspecified atom stereocenters. The first-order valence-corrected chi connectivity index (χ1v) is 9.38. The Labute approximate surface area is 164 Å². The van der Waals surface area contributed by atoms with Crippen molar-refractivity contribution >= 4 is 50.6 Å². The quantitative estimate of drug-likeness (QED) is 0.459. The van der Waals surface area contributed by atoms with Gasteiger partial charge in [-0.1, -0.05) is 29.8 Å². The smallest absolute Gasteiger partial charge is 0.335 e. The third kappa shape index (κ3) is 3.37. The Kier molecular flexibility index (Phi) is 4.51. The summed E-state index contributed by atoms with van der Waals surface area (Å²) in [6.45, 7) is 1.92. The normalized spacial score (nSPS) is 10.9. The number of aryl methyl sites for hydroxylation is 1.